The summed E-state index contributed by atoms with van der Waals surface area (Å²) in [5.74, 6) is 0.0248. The molecule has 0 unspecified atom stereocenters. The Kier molecular flexibility index (Phi) is 6.41. The van der Waals surface area contributed by atoms with Gasteiger partial charge in [-0.25, -0.2) is 0 Å². The molecule has 0 aliphatic carbocycles. The Balaban J connectivity index is 1.63. The first kappa shape index (κ1) is 19.2. The number of nitrogens with one attached hydrogen (secondary N) is 2. The van der Waals surface area contributed by atoms with Crippen LogP contribution in [0.25, 0.3) is 0 Å². The van der Waals surface area contributed by atoms with Gasteiger partial charge in [0, 0.05) is 0 Å². The molecule has 5 heteroatoms. The maximum Gasteiger partial charge on any atom is 0.262 e. The predicted molar refractivity (Wildman–Crippen MR) is 109 cm³/mol. The third kappa shape index (κ3) is 5.20. The molecule has 2 N–H and O–H groups in total. The molecule has 0 heterocycles. The number of ether oxygens (including phenoxy) is 1. The first-order valence-corrected chi connectivity index (χ1v) is 9.06. The number of hydrogen-bond acceptors (Lipinski definition) is 3. The molecule has 3 rings (SSSR count). The Morgan fingerprint density at radius 2 is 1.46 bits per heavy atom. The van der Waals surface area contributed by atoms with E-state index in [1.807, 2.05) is 55.5 Å². The van der Waals surface area contributed by atoms with Crippen molar-refractivity contribution < 1.29 is 14.3 Å². The summed E-state index contributed by atoms with van der Waals surface area (Å²) in [5.41, 5.74) is 1.86. The van der Waals surface area contributed by atoms with Crippen molar-refractivity contribution in [2.45, 2.75) is 13.0 Å². The highest BCUT2D eigenvalue weighted by Crippen LogP contribution is 2.18. The first-order valence-electron chi connectivity index (χ1n) is 9.06. The fourth-order valence-electron chi connectivity index (χ4n) is 2.74. The fourth-order valence-corrected chi connectivity index (χ4v) is 2.74. The number of anilines is 1. The van der Waals surface area contributed by atoms with Crippen molar-refractivity contribution >= 4 is 17.5 Å². The van der Waals surface area contributed by atoms with Crippen LogP contribution in [0, 0.1) is 0 Å². The number of hydrogen-bond donors (Lipinski definition) is 2. The van der Waals surface area contributed by atoms with E-state index >= 15 is 0 Å². The van der Waals surface area contributed by atoms with Gasteiger partial charge in [-0.1, -0.05) is 60.7 Å². The van der Waals surface area contributed by atoms with E-state index < -0.39 is 0 Å². The zero-order chi connectivity index (χ0) is 19.8. The van der Waals surface area contributed by atoms with Gasteiger partial charge in [-0.3, -0.25) is 9.59 Å². The topological polar surface area (TPSA) is 67.4 Å². The van der Waals surface area contributed by atoms with Crippen LogP contribution in [-0.2, 0) is 4.79 Å². The van der Waals surface area contributed by atoms with Gasteiger partial charge in [-0.2, -0.15) is 0 Å². The zero-order valence-corrected chi connectivity index (χ0v) is 15.6. The molecule has 0 aromatic heterocycles. The number of amides is 2. The fraction of sp³-hybridized carbons (Fsp3) is 0.130. The van der Waals surface area contributed by atoms with Crippen molar-refractivity contribution in [3.63, 3.8) is 0 Å². The Bertz CT molecular complexity index is 927. The summed E-state index contributed by atoms with van der Waals surface area (Å²) in [7, 11) is 0. The molecule has 142 valence electrons. The Morgan fingerprint density at radius 1 is 0.857 bits per heavy atom. The summed E-state index contributed by atoms with van der Waals surface area (Å²) >= 11 is 0. The standard InChI is InChI=1S/C23H22N2O3/c1-17(18-10-4-2-5-11-18)24-23(27)20-14-8-9-15-21(20)25-22(26)16-28-19-12-6-3-7-13-19/h2-15,17H,16H2,1H3,(H,24,27)(H,25,26)/t17-/m0/s1. The van der Waals surface area contributed by atoms with E-state index in [0.717, 1.165) is 5.56 Å². The minimum absolute atomic E-state index is 0.139. The van der Waals surface area contributed by atoms with Gasteiger partial charge in [0.05, 0.1) is 17.3 Å². The highest BCUT2D eigenvalue weighted by molar-refractivity contribution is 6.04. The molecule has 0 aliphatic heterocycles. The van der Waals surface area contributed by atoms with Gasteiger partial charge in [0.1, 0.15) is 5.75 Å². The Labute approximate surface area is 164 Å². The number of rotatable bonds is 7. The van der Waals surface area contributed by atoms with Gasteiger partial charge in [0.2, 0.25) is 0 Å². The lowest BCUT2D eigenvalue weighted by atomic mass is 10.1. The van der Waals surface area contributed by atoms with Crippen molar-refractivity contribution in [2.24, 2.45) is 0 Å². The average Bonchev–Trinajstić information content (AvgIpc) is 2.74. The average molecular weight is 374 g/mol. The Morgan fingerprint density at radius 3 is 2.18 bits per heavy atom. The van der Waals surface area contributed by atoms with Gasteiger partial charge in [-0.05, 0) is 36.8 Å². The molecule has 1 atom stereocenters. The van der Waals surface area contributed by atoms with Crippen molar-refractivity contribution in [3.8, 4) is 5.75 Å². The van der Waals surface area contributed by atoms with Gasteiger partial charge in [0.25, 0.3) is 11.8 Å². The molecule has 0 radical (unpaired) electrons. The number of carbonyl (C=O) groups is 2. The van der Waals surface area contributed by atoms with Crippen LogP contribution in [0.1, 0.15) is 28.9 Å². The smallest absolute Gasteiger partial charge is 0.262 e. The van der Waals surface area contributed by atoms with Gasteiger partial charge in [-0.15, -0.1) is 0 Å². The molecule has 5 nitrogen and oxygen atoms in total. The van der Waals surface area contributed by atoms with Crippen LogP contribution in [0.15, 0.2) is 84.9 Å². The minimum atomic E-state index is -0.333. The quantitative estimate of drug-likeness (QED) is 0.651. The van der Waals surface area contributed by atoms with Crippen LogP contribution in [0.5, 0.6) is 5.75 Å². The van der Waals surface area contributed by atoms with Crippen molar-refractivity contribution in [3.05, 3.63) is 96.1 Å². The highest BCUT2D eigenvalue weighted by Gasteiger charge is 2.16. The second-order valence-electron chi connectivity index (χ2n) is 6.30. The summed E-state index contributed by atoms with van der Waals surface area (Å²) in [4.78, 5) is 25.0. The van der Waals surface area contributed by atoms with E-state index in [1.165, 1.54) is 0 Å². The molecule has 0 fully saturated rings. The highest BCUT2D eigenvalue weighted by atomic mass is 16.5. The van der Waals surface area contributed by atoms with Crippen LogP contribution >= 0.6 is 0 Å². The van der Waals surface area contributed by atoms with E-state index in [9.17, 15) is 9.59 Å². The molecule has 0 spiro atoms. The SMILES string of the molecule is C[C@H](NC(=O)c1ccccc1NC(=O)COc1ccccc1)c1ccccc1. The molecule has 0 saturated heterocycles. The summed E-state index contributed by atoms with van der Waals surface area (Å²) in [6, 6.07) is 25.6. The second-order valence-corrected chi connectivity index (χ2v) is 6.30. The molecular weight excluding hydrogens is 352 g/mol. The molecule has 3 aromatic carbocycles. The van der Waals surface area contributed by atoms with Crippen LogP contribution < -0.4 is 15.4 Å². The third-order valence-corrected chi connectivity index (χ3v) is 4.21. The molecular formula is C23H22N2O3. The van der Waals surface area contributed by atoms with Crippen LogP contribution in [0.3, 0.4) is 0 Å². The van der Waals surface area contributed by atoms with Crippen LogP contribution in [-0.4, -0.2) is 18.4 Å². The van der Waals surface area contributed by atoms with Crippen molar-refractivity contribution in [2.75, 3.05) is 11.9 Å². The van der Waals surface area contributed by atoms with Crippen LogP contribution in [0.2, 0.25) is 0 Å². The molecule has 3 aromatic rings. The Hall–Kier alpha value is -3.60. The maximum atomic E-state index is 12.7. The molecule has 0 bridgehead atoms. The van der Waals surface area contributed by atoms with Crippen molar-refractivity contribution in [1.82, 2.24) is 5.32 Å². The number of carbonyl (C=O) groups excluding carboxylic acids is 2. The summed E-state index contributed by atoms with van der Waals surface area (Å²) in [6.45, 7) is 1.78. The van der Waals surface area contributed by atoms with Gasteiger partial charge >= 0.3 is 0 Å². The lowest BCUT2D eigenvalue weighted by molar-refractivity contribution is -0.118. The third-order valence-electron chi connectivity index (χ3n) is 4.21. The number of para-hydroxylation sites is 2. The minimum Gasteiger partial charge on any atom is -0.484 e. The molecule has 2 amide bonds. The lowest BCUT2D eigenvalue weighted by Crippen LogP contribution is -2.28. The van der Waals surface area contributed by atoms with E-state index in [-0.39, 0.29) is 24.5 Å². The monoisotopic (exact) mass is 374 g/mol. The first-order chi connectivity index (χ1) is 13.6. The van der Waals surface area contributed by atoms with E-state index in [2.05, 4.69) is 10.6 Å². The largest absolute Gasteiger partial charge is 0.484 e. The van der Waals surface area contributed by atoms with Crippen LogP contribution in [0.4, 0.5) is 5.69 Å². The lowest BCUT2D eigenvalue weighted by Gasteiger charge is -2.16. The van der Waals surface area contributed by atoms with Gasteiger partial charge < -0.3 is 15.4 Å². The van der Waals surface area contributed by atoms with Crippen molar-refractivity contribution in [1.29, 1.82) is 0 Å². The number of benzene rings is 3. The normalized spacial score (nSPS) is 11.3. The maximum absolute atomic E-state index is 12.7. The van der Waals surface area contributed by atoms with E-state index in [4.69, 9.17) is 4.74 Å². The molecule has 28 heavy (non-hydrogen) atoms. The summed E-state index contributed by atoms with van der Waals surface area (Å²) < 4.78 is 5.45. The van der Waals surface area contributed by atoms with E-state index in [0.29, 0.717) is 17.0 Å². The molecule has 0 saturated carbocycles. The second kappa shape index (κ2) is 9.37. The summed E-state index contributed by atoms with van der Waals surface area (Å²) in [5, 5.41) is 5.71. The van der Waals surface area contributed by atoms with E-state index in [1.54, 1.807) is 36.4 Å². The zero-order valence-electron chi connectivity index (χ0n) is 15.6. The van der Waals surface area contributed by atoms with Gasteiger partial charge in [0.15, 0.2) is 6.61 Å². The predicted octanol–water partition coefficient (Wildman–Crippen LogP) is 4.20. The summed E-state index contributed by atoms with van der Waals surface area (Å²) in [6.07, 6.45) is 0. The molecule has 0 aliphatic rings.